The summed E-state index contributed by atoms with van der Waals surface area (Å²) in [6.45, 7) is 3.87. The predicted octanol–water partition coefficient (Wildman–Crippen LogP) is 3.46. The number of thiocarbonyl (C=S) groups is 1. The number of hydrogen-bond acceptors (Lipinski definition) is 5. The van der Waals surface area contributed by atoms with Gasteiger partial charge in [0.15, 0.2) is 5.11 Å². The molecule has 0 aromatic heterocycles. The molecule has 2 aromatic carbocycles. The van der Waals surface area contributed by atoms with E-state index in [1.54, 1.807) is 12.2 Å². The molecule has 6 nitrogen and oxygen atoms in total. The molecule has 1 aliphatic heterocycles. The maximum Gasteiger partial charge on any atom is 0.265 e. The first-order valence-corrected chi connectivity index (χ1v) is 10.1. The minimum Gasteiger partial charge on any atom is -0.331 e. The standard InChI is InChI=1S/C24H24N4O2S/c1-4-17-28-23(30)20(22(29)25-24(28)31)15-16-21(26(2)18-11-7-5-8-12-18)27(3)19-13-9-6-10-14-19/h4-16H,1,17H2,2-3H3,(H,25,29,31)/b20-15+. The van der Waals surface area contributed by atoms with Gasteiger partial charge in [-0.05, 0) is 48.6 Å². The first kappa shape index (κ1) is 22.0. The lowest BCUT2D eigenvalue weighted by Gasteiger charge is -2.31. The molecule has 1 heterocycles. The Bertz CT molecular complexity index is 1000. The van der Waals surface area contributed by atoms with Gasteiger partial charge in [0.05, 0.1) is 0 Å². The Hall–Kier alpha value is -3.71. The van der Waals surface area contributed by atoms with Crippen molar-refractivity contribution in [2.24, 2.45) is 0 Å². The topological polar surface area (TPSA) is 55.9 Å². The number of nitrogens with one attached hydrogen (secondary N) is 1. The van der Waals surface area contributed by atoms with Gasteiger partial charge in [0, 0.05) is 32.0 Å². The molecule has 7 heteroatoms. The van der Waals surface area contributed by atoms with Crippen LogP contribution >= 0.6 is 12.2 Å². The molecule has 1 fully saturated rings. The summed E-state index contributed by atoms with van der Waals surface area (Å²) in [6, 6.07) is 19.7. The summed E-state index contributed by atoms with van der Waals surface area (Å²) < 4.78 is 0. The summed E-state index contributed by atoms with van der Waals surface area (Å²) in [5.74, 6) is -0.196. The third kappa shape index (κ3) is 4.90. The SMILES string of the molecule is C=CCN1C(=O)/C(=C/C=C(N(C)c2ccccc2)N(C)c2ccccc2)C(=O)NC1=S. The second-order valence-electron chi connectivity index (χ2n) is 6.86. The Morgan fingerprint density at radius 1 is 1.00 bits per heavy atom. The highest BCUT2D eigenvalue weighted by Crippen LogP contribution is 2.24. The van der Waals surface area contributed by atoms with Gasteiger partial charge in [-0.1, -0.05) is 42.5 Å². The molecule has 1 N–H and O–H groups in total. The van der Waals surface area contributed by atoms with Crippen molar-refractivity contribution >= 4 is 40.5 Å². The Morgan fingerprint density at radius 3 is 2.00 bits per heavy atom. The summed E-state index contributed by atoms with van der Waals surface area (Å²) in [5, 5.41) is 2.65. The lowest BCUT2D eigenvalue weighted by Crippen LogP contribution is -2.53. The summed E-state index contributed by atoms with van der Waals surface area (Å²) >= 11 is 5.11. The second kappa shape index (κ2) is 9.86. The zero-order chi connectivity index (χ0) is 22.4. The van der Waals surface area contributed by atoms with E-state index < -0.39 is 11.8 Å². The lowest BCUT2D eigenvalue weighted by molar-refractivity contribution is -0.128. The van der Waals surface area contributed by atoms with Crippen molar-refractivity contribution < 1.29 is 9.59 Å². The first-order valence-electron chi connectivity index (χ1n) is 9.71. The van der Waals surface area contributed by atoms with Crippen LogP contribution in [0.1, 0.15) is 0 Å². The highest BCUT2D eigenvalue weighted by Gasteiger charge is 2.32. The number of allylic oxidation sites excluding steroid dienone is 2. The van der Waals surface area contributed by atoms with Gasteiger partial charge >= 0.3 is 0 Å². The van der Waals surface area contributed by atoms with Crippen molar-refractivity contribution in [3.05, 3.63) is 96.9 Å². The van der Waals surface area contributed by atoms with E-state index in [1.165, 1.54) is 11.0 Å². The van der Waals surface area contributed by atoms with Crippen molar-refractivity contribution in [2.75, 3.05) is 30.4 Å². The van der Waals surface area contributed by atoms with E-state index in [4.69, 9.17) is 12.2 Å². The van der Waals surface area contributed by atoms with Gasteiger partial charge in [-0.2, -0.15) is 0 Å². The maximum absolute atomic E-state index is 12.8. The average molecular weight is 433 g/mol. The number of para-hydroxylation sites is 2. The molecule has 0 unspecified atom stereocenters. The molecule has 1 saturated heterocycles. The zero-order valence-corrected chi connectivity index (χ0v) is 18.3. The number of nitrogens with zero attached hydrogens (tertiary/aromatic N) is 3. The molecule has 2 aromatic rings. The van der Waals surface area contributed by atoms with Crippen LogP contribution in [0.5, 0.6) is 0 Å². The molecule has 2 amide bonds. The van der Waals surface area contributed by atoms with Crippen LogP contribution in [0.3, 0.4) is 0 Å². The van der Waals surface area contributed by atoms with Crippen molar-refractivity contribution in [1.82, 2.24) is 10.2 Å². The lowest BCUT2D eigenvalue weighted by atomic mass is 10.1. The van der Waals surface area contributed by atoms with Crippen molar-refractivity contribution in [3.8, 4) is 0 Å². The molecule has 1 aliphatic rings. The molecule has 0 spiro atoms. The van der Waals surface area contributed by atoms with Crippen molar-refractivity contribution in [2.45, 2.75) is 0 Å². The fourth-order valence-corrected chi connectivity index (χ4v) is 3.43. The normalized spacial score (nSPS) is 14.8. The quantitative estimate of drug-likeness (QED) is 0.314. The number of hydrogen-bond donors (Lipinski definition) is 1. The van der Waals surface area contributed by atoms with E-state index in [0.29, 0.717) is 0 Å². The van der Waals surface area contributed by atoms with Gasteiger partial charge in [-0.25, -0.2) is 0 Å². The van der Waals surface area contributed by atoms with E-state index in [2.05, 4.69) is 11.9 Å². The molecule has 3 rings (SSSR count). The highest BCUT2D eigenvalue weighted by molar-refractivity contribution is 7.80. The Morgan fingerprint density at radius 2 is 1.52 bits per heavy atom. The largest absolute Gasteiger partial charge is 0.331 e. The number of benzene rings is 2. The summed E-state index contributed by atoms with van der Waals surface area (Å²) in [7, 11) is 3.86. The van der Waals surface area contributed by atoms with Crippen LogP contribution in [-0.2, 0) is 9.59 Å². The van der Waals surface area contributed by atoms with Crippen LogP contribution in [0.4, 0.5) is 11.4 Å². The number of rotatable bonds is 7. The van der Waals surface area contributed by atoms with Gasteiger partial charge in [0.2, 0.25) is 0 Å². The minimum atomic E-state index is -0.518. The number of carbonyl (C=O) groups excluding carboxylic acids is 2. The molecule has 0 bridgehead atoms. The summed E-state index contributed by atoms with van der Waals surface area (Å²) in [6.07, 6.45) is 4.85. The predicted molar refractivity (Wildman–Crippen MR) is 129 cm³/mol. The van der Waals surface area contributed by atoms with Crippen LogP contribution in [-0.4, -0.2) is 42.5 Å². The zero-order valence-electron chi connectivity index (χ0n) is 17.5. The fraction of sp³-hybridized carbons (Fsp3) is 0.125. The van der Waals surface area contributed by atoms with Crippen molar-refractivity contribution in [1.29, 1.82) is 0 Å². The van der Waals surface area contributed by atoms with Gasteiger partial charge in [-0.3, -0.25) is 19.8 Å². The van der Waals surface area contributed by atoms with E-state index in [-0.39, 0.29) is 17.2 Å². The highest BCUT2D eigenvalue weighted by atomic mass is 32.1. The van der Waals surface area contributed by atoms with Crippen LogP contribution in [0.15, 0.2) is 96.9 Å². The van der Waals surface area contributed by atoms with Gasteiger partial charge < -0.3 is 9.80 Å². The summed E-state index contributed by atoms with van der Waals surface area (Å²) in [4.78, 5) is 30.6. The van der Waals surface area contributed by atoms with Crippen molar-refractivity contribution in [3.63, 3.8) is 0 Å². The van der Waals surface area contributed by atoms with Crippen LogP contribution in [0, 0.1) is 0 Å². The van der Waals surface area contributed by atoms with Crippen LogP contribution in [0.25, 0.3) is 0 Å². The molecule has 0 radical (unpaired) electrons. The van der Waals surface area contributed by atoms with E-state index >= 15 is 0 Å². The maximum atomic E-state index is 12.8. The van der Waals surface area contributed by atoms with Crippen LogP contribution in [0.2, 0.25) is 0 Å². The van der Waals surface area contributed by atoms with Gasteiger partial charge in [0.1, 0.15) is 11.4 Å². The van der Waals surface area contributed by atoms with E-state index in [9.17, 15) is 9.59 Å². The number of anilines is 2. The molecular weight excluding hydrogens is 408 g/mol. The smallest absolute Gasteiger partial charge is 0.265 e. The molecule has 0 saturated carbocycles. The van der Waals surface area contributed by atoms with E-state index in [1.807, 2.05) is 84.6 Å². The fourth-order valence-electron chi connectivity index (χ4n) is 3.18. The Balaban J connectivity index is 2.04. The monoisotopic (exact) mass is 432 g/mol. The third-order valence-electron chi connectivity index (χ3n) is 4.87. The molecule has 0 atom stereocenters. The number of carbonyl (C=O) groups is 2. The summed E-state index contributed by atoms with van der Waals surface area (Å²) in [5.41, 5.74) is 1.93. The minimum absolute atomic E-state index is 0.0101. The third-order valence-corrected chi connectivity index (χ3v) is 5.19. The molecule has 31 heavy (non-hydrogen) atoms. The number of amides is 2. The molecular formula is C24H24N4O2S. The Labute approximate surface area is 187 Å². The Kier molecular flexibility index (Phi) is 6.99. The molecule has 158 valence electrons. The van der Waals surface area contributed by atoms with Gasteiger partial charge in [0.25, 0.3) is 11.8 Å². The van der Waals surface area contributed by atoms with Gasteiger partial charge in [-0.15, -0.1) is 6.58 Å². The van der Waals surface area contributed by atoms with Crippen LogP contribution < -0.4 is 15.1 Å². The first-order chi connectivity index (χ1) is 14.9. The average Bonchev–Trinajstić information content (AvgIpc) is 2.79. The second-order valence-corrected chi connectivity index (χ2v) is 7.24. The van der Waals surface area contributed by atoms with E-state index in [0.717, 1.165) is 17.2 Å². The molecule has 0 aliphatic carbocycles.